The van der Waals surface area contributed by atoms with Crippen molar-refractivity contribution in [2.24, 2.45) is 0 Å². The highest BCUT2D eigenvalue weighted by Crippen LogP contribution is 2.41. The summed E-state index contributed by atoms with van der Waals surface area (Å²) in [4.78, 5) is 7.11. The third kappa shape index (κ3) is 3.01. The predicted molar refractivity (Wildman–Crippen MR) is 99.1 cm³/mol. The number of thioether (sulfide) groups is 1. The number of imidazole rings is 1. The van der Waals surface area contributed by atoms with Gasteiger partial charge in [0.05, 0.1) is 5.69 Å². The fraction of sp³-hybridized carbons (Fsp3) is 0.500. The Kier molecular flexibility index (Phi) is 3.88. The molecule has 0 spiro atoms. The quantitative estimate of drug-likeness (QED) is 0.656. The minimum Gasteiger partial charge on any atom is -0.341 e. The van der Waals surface area contributed by atoms with Gasteiger partial charge in [-0.25, -0.2) is 4.98 Å². The topological polar surface area (TPSA) is 51.2 Å². The SMILES string of the molecule is c1ccn2cc(CSc3nnc(N4CCCCC4)n3C3CC3)nc2c1. The van der Waals surface area contributed by atoms with E-state index < -0.39 is 0 Å². The maximum absolute atomic E-state index is 4.69. The van der Waals surface area contributed by atoms with Crippen LogP contribution < -0.4 is 4.90 Å². The maximum Gasteiger partial charge on any atom is 0.228 e. The molecule has 1 aliphatic heterocycles. The van der Waals surface area contributed by atoms with Crippen LogP contribution in [0.2, 0.25) is 0 Å². The molecule has 7 heteroatoms. The number of piperidine rings is 1. The van der Waals surface area contributed by atoms with Gasteiger partial charge in [0, 0.05) is 37.3 Å². The molecular weight excluding hydrogens is 332 g/mol. The van der Waals surface area contributed by atoms with Gasteiger partial charge in [-0.05, 0) is 44.2 Å². The van der Waals surface area contributed by atoms with Crippen molar-refractivity contribution in [1.29, 1.82) is 0 Å². The number of hydrogen-bond acceptors (Lipinski definition) is 5. The highest BCUT2D eigenvalue weighted by Gasteiger charge is 2.32. The van der Waals surface area contributed by atoms with E-state index in [4.69, 9.17) is 0 Å². The van der Waals surface area contributed by atoms with Crippen LogP contribution in [0.5, 0.6) is 0 Å². The second-order valence-electron chi connectivity index (χ2n) is 6.92. The Labute approximate surface area is 151 Å². The molecule has 0 bridgehead atoms. The molecule has 0 N–H and O–H groups in total. The van der Waals surface area contributed by atoms with E-state index in [0.29, 0.717) is 6.04 Å². The van der Waals surface area contributed by atoms with Crippen LogP contribution in [0.15, 0.2) is 35.7 Å². The summed E-state index contributed by atoms with van der Waals surface area (Å²) in [6.07, 6.45) is 10.5. The van der Waals surface area contributed by atoms with E-state index in [1.165, 1.54) is 32.1 Å². The molecule has 5 rings (SSSR count). The molecule has 1 saturated heterocycles. The molecule has 1 aliphatic carbocycles. The van der Waals surface area contributed by atoms with Crippen molar-refractivity contribution >= 4 is 23.4 Å². The number of rotatable bonds is 5. The molecular formula is C18H22N6S. The highest BCUT2D eigenvalue weighted by atomic mass is 32.2. The van der Waals surface area contributed by atoms with E-state index >= 15 is 0 Å². The fourth-order valence-electron chi connectivity index (χ4n) is 3.52. The highest BCUT2D eigenvalue weighted by molar-refractivity contribution is 7.98. The van der Waals surface area contributed by atoms with Gasteiger partial charge in [-0.1, -0.05) is 17.8 Å². The number of anilines is 1. The summed E-state index contributed by atoms with van der Waals surface area (Å²) in [5, 5.41) is 10.1. The minimum absolute atomic E-state index is 0.593. The van der Waals surface area contributed by atoms with Gasteiger partial charge in [0.2, 0.25) is 5.95 Å². The van der Waals surface area contributed by atoms with Gasteiger partial charge in [0.15, 0.2) is 5.16 Å². The number of fused-ring (bicyclic) bond motifs is 1. The van der Waals surface area contributed by atoms with Gasteiger partial charge in [-0.2, -0.15) is 0 Å². The molecule has 0 aromatic carbocycles. The lowest BCUT2D eigenvalue weighted by Crippen LogP contribution is -2.31. The van der Waals surface area contributed by atoms with E-state index in [0.717, 1.165) is 41.3 Å². The summed E-state index contributed by atoms with van der Waals surface area (Å²) in [7, 11) is 0. The molecule has 1 saturated carbocycles. The Morgan fingerprint density at radius 1 is 1.08 bits per heavy atom. The van der Waals surface area contributed by atoms with E-state index in [9.17, 15) is 0 Å². The molecule has 3 aromatic rings. The van der Waals surface area contributed by atoms with Crippen molar-refractivity contribution in [2.75, 3.05) is 18.0 Å². The molecule has 25 heavy (non-hydrogen) atoms. The first kappa shape index (κ1) is 15.3. The second-order valence-corrected chi connectivity index (χ2v) is 7.86. The summed E-state index contributed by atoms with van der Waals surface area (Å²) in [6.45, 7) is 2.23. The fourth-order valence-corrected chi connectivity index (χ4v) is 4.41. The third-order valence-corrected chi connectivity index (χ3v) is 5.94. The van der Waals surface area contributed by atoms with Crippen LogP contribution in [0, 0.1) is 0 Å². The average molecular weight is 354 g/mol. The molecule has 0 unspecified atom stereocenters. The summed E-state index contributed by atoms with van der Waals surface area (Å²) < 4.78 is 4.45. The Bertz CT molecular complexity index is 842. The lowest BCUT2D eigenvalue weighted by molar-refractivity contribution is 0.548. The van der Waals surface area contributed by atoms with Crippen LogP contribution in [-0.4, -0.2) is 37.2 Å². The third-order valence-electron chi connectivity index (χ3n) is 4.96. The number of hydrogen-bond donors (Lipinski definition) is 0. The van der Waals surface area contributed by atoms with Crippen LogP contribution in [0.4, 0.5) is 5.95 Å². The summed E-state index contributed by atoms with van der Waals surface area (Å²) >= 11 is 1.76. The van der Waals surface area contributed by atoms with Crippen LogP contribution in [0.1, 0.15) is 43.8 Å². The summed E-state index contributed by atoms with van der Waals surface area (Å²) in [6, 6.07) is 6.68. The minimum atomic E-state index is 0.593. The standard InChI is InChI=1S/C18H22N6S/c1-3-9-22(10-4-1)17-20-21-18(24(17)15-7-8-15)25-13-14-12-23-11-5-2-6-16(23)19-14/h2,5-6,11-12,15H,1,3-4,7-10,13H2. The Morgan fingerprint density at radius 3 is 2.76 bits per heavy atom. The molecule has 0 amide bonds. The molecule has 0 atom stereocenters. The Balaban J connectivity index is 1.37. The average Bonchev–Trinajstić information content (AvgIpc) is 3.27. The van der Waals surface area contributed by atoms with Crippen molar-refractivity contribution in [3.63, 3.8) is 0 Å². The zero-order valence-electron chi connectivity index (χ0n) is 14.2. The van der Waals surface area contributed by atoms with Crippen LogP contribution >= 0.6 is 11.8 Å². The number of pyridine rings is 1. The zero-order valence-corrected chi connectivity index (χ0v) is 15.0. The molecule has 0 radical (unpaired) electrons. The second kappa shape index (κ2) is 6.37. The van der Waals surface area contributed by atoms with Crippen molar-refractivity contribution in [3.05, 3.63) is 36.3 Å². The van der Waals surface area contributed by atoms with Crippen LogP contribution in [-0.2, 0) is 5.75 Å². The molecule has 6 nitrogen and oxygen atoms in total. The summed E-state index contributed by atoms with van der Waals surface area (Å²) in [5.41, 5.74) is 2.08. The maximum atomic E-state index is 4.69. The monoisotopic (exact) mass is 354 g/mol. The lowest BCUT2D eigenvalue weighted by Gasteiger charge is -2.27. The number of nitrogens with zero attached hydrogens (tertiary/aromatic N) is 6. The molecule has 2 aliphatic rings. The van der Waals surface area contributed by atoms with Crippen LogP contribution in [0.3, 0.4) is 0 Å². The van der Waals surface area contributed by atoms with Crippen molar-refractivity contribution < 1.29 is 0 Å². The van der Waals surface area contributed by atoms with Gasteiger partial charge >= 0.3 is 0 Å². The largest absolute Gasteiger partial charge is 0.341 e. The van der Waals surface area contributed by atoms with Gasteiger partial charge in [0.1, 0.15) is 5.65 Å². The summed E-state index contributed by atoms with van der Waals surface area (Å²) in [5.74, 6) is 1.91. The van der Waals surface area contributed by atoms with E-state index in [1.54, 1.807) is 11.8 Å². The van der Waals surface area contributed by atoms with E-state index in [2.05, 4.69) is 35.2 Å². The van der Waals surface area contributed by atoms with E-state index in [-0.39, 0.29) is 0 Å². The van der Waals surface area contributed by atoms with Gasteiger partial charge in [-0.3, -0.25) is 4.57 Å². The first-order valence-corrected chi connectivity index (χ1v) is 10.1. The Morgan fingerprint density at radius 2 is 1.96 bits per heavy atom. The normalized spacial score (nSPS) is 18.2. The first-order chi connectivity index (χ1) is 12.4. The Hall–Kier alpha value is -2.02. The molecule has 2 fully saturated rings. The van der Waals surface area contributed by atoms with Gasteiger partial charge < -0.3 is 9.30 Å². The smallest absolute Gasteiger partial charge is 0.228 e. The zero-order chi connectivity index (χ0) is 16.6. The van der Waals surface area contributed by atoms with Crippen molar-refractivity contribution in [1.82, 2.24) is 24.1 Å². The van der Waals surface area contributed by atoms with Crippen molar-refractivity contribution in [3.8, 4) is 0 Å². The first-order valence-electron chi connectivity index (χ1n) is 9.14. The lowest BCUT2D eigenvalue weighted by atomic mass is 10.1. The molecule has 130 valence electrons. The molecule has 3 aromatic heterocycles. The van der Waals surface area contributed by atoms with Gasteiger partial charge in [-0.15, -0.1) is 10.2 Å². The molecule has 4 heterocycles. The van der Waals surface area contributed by atoms with Crippen molar-refractivity contribution in [2.45, 2.75) is 49.1 Å². The van der Waals surface area contributed by atoms with E-state index in [1.807, 2.05) is 24.4 Å². The van der Waals surface area contributed by atoms with Crippen LogP contribution in [0.25, 0.3) is 5.65 Å². The number of aromatic nitrogens is 5. The predicted octanol–water partition coefficient (Wildman–Crippen LogP) is 3.54. The van der Waals surface area contributed by atoms with Gasteiger partial charge in [0.25, 0.3) is 0 Å².